The molecule has 0 aromatic carbocycles. The highest BCUT2D eigenvalue weighted by Gasteiger charge is 2.49. The first-order chi connectivity index (χ1) is 9.38. The van der Waals surface area contributed by atoms with Gasteiger partial charge >= 0.3 is 0 Å². The van der Waals surface area contributed by atoms with Crippen molar-refractivity contribution in [3.8, 4) is 0 Å². The van der Waals surface area contributed by atoms with Crippen LogP contribution in [0.2, 0.25) is 0 Å². The number of methoxy groups -OCH3 is 1. The van der Waals surface area contributed by atoms with Crippen molar-refractivity contribution in [2.24, 2.45) is 11.8 Å². The standard InChI is InChI=1S/C16H28O4/c1-10-6-14(9-18-5)16(8-11(2)15(10)17)19-12(3)7-13(4)20-16/h6,11-15,17H,7-9H2,1-5H3/t11-,12-,13+,14-,15-,16?/m1/s1. The van der Waals surface area contributed by atoms with E-state index in [-0.39, 0.29) is 24.0 Å². The van der Waals surface area contributed by atoms with Crippen molar-refractivity contribution in [2.75, 3.05) is 13.7 Å². The summed E-state index contributed by atoms with van der Waals surface area (Å²) in [4.78, 5) is 0. The van der Waals surface area contributed by atoms with Gasteiger partial charge < -0.3 is 19.3 Å². The Hall–Kier alpha value is -0.420. The molecule has 0 saturated carbocycles. The summed E-state index contributed by atoms with van der Waals surface area (Å²) in [5.74, 6) is -0.562. The molecule has 4 nitrogen and oxygen atoms in total. The Morgan fingerprint density at radius 3 is 2.45 bits per heavy atom. The van der Waals surface area contributed by atoms with Gasteiger partial charge in [0.2, 0.25) is 0 Å². The zero-order chi connectivity index (χ0) is 14.9. The second kappa shape index (κ2) is 6.14. The maximum Gasteiger partial charge on any atom is 0.177 e. The average molecular weight is 284 g/mol. The Bertz CT molecular complexity index is 355. The molecule has 0 aromatic heterocycles. The first-order valence-corrected chi connectivity index (χ1v) is 7.59. The molecule has 1 N–H and O–H groups in total. The maximum absolute atomic E-state index is 10.3. The molecular weight excluding hydrogens is 256 g/mol. The summed E-state index contributed by atoms with van der Waals surface area (Å²) >= 11 is 0. The highest BCUT2D eigenvalue weighted by atomic mass is 16.7. The predicted octanol–water partition coefficient (Wildman–Crippen LogP) is 2.51. The summed E-state index contributed by atoms with van der Waals surface area (Å²) in [6.07, 6.45) is 3.55. The molecule has 1 aliphatic carbocycles. The highest BCUT2D eigenvalue weighted by molar-refractivity contribution is 5.15. The van der Waals surface area contributed by atoms with Crippen LogP contribution in [0.3, 0.4) is 0 Å². The van der Waals surface area contributed by atoms with Crippen molar-refractivity contribution < 1.29 is 19.3 Å². The summed E-state index contributed by atoms with van der Waals surface area (Å²) in [7, 11) is 1.69. The van der Waals surface area contributed by atoms with E-state index in [0.717, 1.165) is 12.0 Å². The molecule has 1 spiro atoms. The maximum atomic E-state index is 10.3. The molecule has 2 rings (SSSR count). The van der Waals surface area contributed by atoms with Gasteiger partial charge in [0.1, 0.15) is 0 Å². The smallest absolute Gasteiger partial charge is 0.177 e. The van der Waals surface area contributed by atoms with E-state index >= 15 is 0 Å². The lowest BCUT2D eigenvalue weighted by Crippen LogP contribution is -2.53. The van der Waals surface area contributed by atoms with Crippen LogP contribution in [-0.2, 0) is 14.2 Å². The molecule has 20 heavy (non-hydrogen) atoms. The lowest BCUT2D eigenvalue weighted by atomic mass is 9.89. The summed E-state index contributed by atoms with van der Waals surface area (Å²) < 4.78 is 17.8. The summed E-state index contributed by atoms with van der Waals surface area (Å²) in [5.41, 5.74) is 0.981. The van der Waals surface area contributed by atoms with Gasteiger partial charge in [0.25, 0.3) is 0 Å². The van der Waals surface area contributed by atoms with Crippen molar-refractivity contribution in [3.63, 3.8) is 0 Å². The van der Waals surface area contributed by atoms with E-state index in [4.69, 9.17) is 14.2 Å². The van der Waals surface area contributed by atoms with E-state index in [1.54, 1.807) is 7.11 Å². The van der Waals surface area contributed by atoms with Gasteiger partial charge in [0, 0.05) is 13.5 Å². The number of rotatable bonds is 2. The largest absolute Gasteiger partial charge is 0.388 e. The van der Waals surface area contributed by atoms with Crippen molar-refractivity contribution >= 4 is 0 Å². The number of ether oxygens (including phenoxy) is 3. The van der Waals surface area contributed by atoms with Gasteiger partial charge in [-0.3, -0.25) is 0 Å². The normalized spacial score (nSPS) is 46.1. The number of hydrogen-bond donors (Lipinski definition) is 1. The molecule has 2 aliphatic rings. The van der Waals surface area contributed by atoms with E-state index < -0.39 is 11.9 Å². The molecule has 0 radical (unpaired) electrons. The van der Waals surface area contributed by atoms with E-state index in [9.17, 15) is 5.11 Å². The van der Waals surface area contributed by atoms with E-state index in [0.29, 0.717) is 13.0 Å². The van der Waals surface area contributed by atoms with Gasteiger partial charge in [-0.15, -0.1) is 0 Å². The highest BCUT2D eigenvalue weighted by Crippen LogP contribution is 2.43. The first-order valence-electron chi connectivity index (χ1n) is 7.59. The van der Waals surface area contributed by atoms with E-state index in [1.807, 2.05) is 6.92 Å². The van der Waals surface area contributed by atoms with Crippen LogP contribution in [0, 0.1) is 11.8 Å². The van der Waals surface area contributed by atoms with Crippen LogP contribution in [0.4, 0.5) is 0 Å². The van der Waals surface area contributed by atoms with Crippen molar-refractivity contribution in [1.82, 2.24) is 0 Å². The van der Waals surface area contributed by atoms with Crippen molar-refractivity contribution in [3.05, 3.63) is 11.6 Å². The molecule has 6 atom stereocenters. The molecule has 1 fully saturated rings. The van der Waals surface area contributed by atoms with E-state index in [2.05, 4.69) is 26.8 Å². The van der Waals surface area contributed by atoms with E-state index in [1.165, 1.54) is 0 Å². The minimum atomic E-state index is -0.675. The fourth-order valence-electron chi connectivity index (χ4n) is 3.60. The van der Waals surface area contributed by atoms with Crippen molar-refractivity contribution in [1.29, 1.82) is 0 Å². The summed E-state index contributed by atoms with van der Waals surface area (Å²) in [5, 5.41) is 10.3. The zero-order valence-electron chi connectivity index (χ0n) is 13.3. The third-order valence-corrected chi connectivity index (χ3v) is 4.45. The molecule has 1 heterocycles. The lowest BCUT2D eigenvalue weighted by Gasteiger charge is -2.47. The lowest BCUT2D eigenvalue weighted by molar-refractivity contribution is -0.338. The molecule has 1 unspecified atom stereocenters. The molecule has 116 valence electrons. The Morgan fingerprint density at radius 2 is 1.90 bits per heavy atom. The summed E-state index contributed by atoms with van der Waals surface area (Å²) in [6, 6.07) is 0. The monoisotopic (exact) mass is 284 g/mol. The van der Waals surface area contributed by atoms with Crippen molar-refractivity contribution in [2.45, 2.75) is 64.6 Å². The second-order valence-corrected chi connectivity index (χ2v) is 6.50. The van der Waals surface area contributed by atoms with Crippen LogP contribution in [0.15, 0.2) is 11.6 Å². The fourth-order valence-corrected chi connectivity index (χ4v) is 3.60. The predicted molar refractivity (Wildman–Crippen MR) is 77.4 cm³/mol. The third-order valence-electron chi connectivity index (χ3n) is 4.45. The summed E-state index contributed by atoms with van der Waals surface area (Å²) in [6.45, 7) is 8.74. The van der Waals surface area contributed by atoms with Gasteiger partial charge in [-0.2, -0.15) is 0 Å². The van der Waals surface area contributed by atoms with Crippen LogP contribution in [0.5, 0.6) is 0 Å². The van der Waals surface area contributed by atoms with Crippen LogP contribution >= 0.6 is 0 Å². The minimum absolute atomic E-state index is 0.0114. The topological polar surface area (TPSA) is 47.9 Å². The number of aliphatic hydroxyl groups excluding tert-OH is 1. The molecule has 0 aromatic rings. The molecular formula is C16H28O4. The average Bonchev–Trinajstić information content (AvgIpc) is 2.41. The zero-order valence-corrected chi connectivity index (χ0v) is 13.3. The van der Waals surface area contributed by atoms with Gasteiger partial charge in [0.15, 0.2) is 5.79 Å². The number of hydrogen-bond acceptors (Lipinski definition) is 4. The second-order valence-electron chi connectivity index (χ2n) is 6.50. The van der Waals surface area contributed by atoms with Gasteiger partial charge in [-0.25, -0.2) is 0 Å². The number of aliphatic hydroxyl groups is 1. The van der Waals surface area contributed by atoms with Gasteiger partial charge in [0.05, 0.1) is 30.8 Å². The van der Waals surface area contributed by atoms with Crippen LogP contribution in [0.1, 0.15) is 40.5 Å². The van der Waals surface area contributed by atoms with Crippen LogP contribution < -0.4 is 0 Å². The minimum Gasteiger partial charge on any atom is -0.388 e. The Labute approximate surface area is 122 Å². The molecule has 4 heteroatoms. The third kappa shape index (κ3) is 3.08. The Kier molecular flexibility index (Phi) is 4.90. The Morgan fingerprint density at radius 1 is 1.30 bits per heavy atom. The molecule has 0 amide bonds. The van der Waals surface area contributed by atoms with Crippen LogP contribution in [-0.4, -0.2) is 42.9 Å². The quantitative estimate of drug-likeness (QED) is 0.792. The van der Waals surface area contributed by atoms with Gasteiger partial charge in [-0.05, 0) is 38.7 Å². The SMILES string of the molecule is COC[C@H]1C=C(C)[C@@H](O)[C@H](C)CC12O[C@H](C)C[C@H](C)O2. The first kappa shape index (κ1) is 16.0. The fraction of sp³-hybridized carbons (Fsp3) is 0.875. The molecule has 1 saturated heterocycles. The molecule has 0 bridgehead atoms. The Balaban J connectivity index is 2.35. The molecule has 1 aliphatic heterocycles. The van der Waals surface area contributed by atoms with Gasteiger partial charge in [-0.1, -0.05) is 13.0 Å². The van der Waals surface area contributed by atoms with Crippen LogP contribution in [0.25, 0.3) is 0 Å².